The van der Waals surface area contributed by atoms with Crippen molar-refractivity contribution in [3.05, 3.63) is 46.3 Å². The van der Waals surface area contributed by atoms with Gasteiger partial charge in [-0.2, -0.15) is 0 Å². The standard InChI is InChI=1S/C20H19N3O5S2/c24-17-8-6-15(19(25)21-17)23-10-13-12(20(23)26)2-1-3-14(13)22-30(27,28)18-9-7-16(29-18)11-4-5-11/h1-3,7,9,11,15,22H,4-6,8,10H2,(H,21,24,25). The summed E-state index contributed by atoms with van der Waals surface area (Å²) in [5.74, 6) is -0.719. The minimum absolute atomic E-state index is 0.108. The van der Waals surface area contributed by atoms with Gasteiger partial charge in [0.05, 0.1) is 5.69 Å². The van der Waals surface area contributed by atoms with Crippen LogP contribution in [0.5, 0.6) is 0 Å². The lowest BCUT2D eigenvalue weighted by Gasteiger charge is -2.29. The Morgan fingerprint density at radius 2 is 1.87 bits per heavy atom. The molecule has 156 valence electrons. The molecular weight excluding hydrogens is 426 g/mol. The highest BCUT2D eigenvalue weighted by atomic mass is 32.2. The van der Waals surface area contributed by atoms with Gasteiger partial charge in [-0.25, -0.2) is 8.42 Å². The summed E-state index contributed by atoms with van der Waals surface area (Å²) in [5.41, 5.74) is 1.23. The van der Waals surface area contributed by atoms with Gasteiger partial charge in [-0.1, -0.05) is 6.07 Å². The largest absolute Gasteiger partial charge is 0.322 e. The van der Waals surface area contributed by atoms with Crippen molar-refractivity contribution in [2.24, 2.45) is 0 Å². The zero-order valence-electron chi connectivity index (χ0n) is 15.9. The fourth-order valence-electron chi connectivity index (χ4n) is 3.94. The average Bonchev–Trinajstić information content (AvgIpc) is 3.32. The molecule has 1 saturated heterocycles. The van der Waals surface area contributed by atoms with Crippen molar-refractivity contribution in [2.45, 2.75) is 48.4 Å². The SMILES string of the molecule is O=C1CCC(N2Cc3c(NS(=O)(=O)c4ccc(C5CC5)s4)cccc3C2=O)C(=O)N1. The maximum absolute atomic E-state index is 12.9. The Morgan fingerprint density at radius 3 is 2.60 bits per heavy atom. The number of benzene rings is 1. The third kappa shape index (κ3) is 3.29. The van der Waals surface area contributed by atoms with Gasteiger partial charge >= 0.3 is 0 Å². The first-order valence-corrected chi connectivity index (χ1v) is 12.0. The van der Waals surface area contributed by atoms with E-state index in [0.29, 0.717) is 22.7 Å². The zero-order chi connectivity index (χ0) is 21.0. The number of amides is 3. The second-order valence-corrected chi connectivity index (χ2v) is 10.8. The number of rotatable bonds is 5. The average molecular weight is 446 g/mol. The first kappa shape index (κ1) is 19.3. The van der Waals surface area contributed by atoms with Crippen molar-refractivity contribution in [3.63, 3.8) is 0 Å². The summed E-state index contributed by atoms with van der Waals surface area (Å²) in [7, 11) is -3.78. The molecular formula is C20H19N3O5S2. The van der Waals surface area contributed by atoms with Gasteiger partial charge < -0.3 is 4.90 Å². The maximum Gasteiger partial charge on any atom is 0.271 e. The number of hydrogen-bond donors (Lipinski definition) is 2. The van der Waals surface area contributed by atoms with Gasteiger partial charge in [-0.3, -0.25) is 24.4 Å². The third-order valence-electron chi connectivity index (χ3n) is 5.67. The smallest absolute Gasteiger partial charge is 0.271 e. The summed E-state index contributed by atoms with van der Waals surface area (Å²) in [6.45, 7) is 0.108. The lowest BCUT2D eigenvalue weighted by Crippen LogP contribution is -2.52. The molecule has 2 aliphatic heterocycles. The second kappa shape index (κ2) is 6.92. The van der Waals surface area contributed by atoms with Gasteiger partial charge in [-0.05, 0) is 49.4 Å². The number of carbonyl (C=O) groups excluding carboxylic acids is 3. The molecule has 1 atom stereocenters. The summed E-state index contributed by atoms with van der Waals surface area (Å²) in [4.78, 5) is 39.0. The van der Waals surface area contributed by atoms with Crippen LogP contribution in [-0.4, -0.2) is 37.1 Å². The molecule has 0 bridgehead atoms. The molecule has 1 aromatic heterocycles. The molecule has 2 aromatic rings. The highest BCUT2D eigenvalue weighted by molar-refractivity contribution is 7.94. The quantitative estimate of drug-likeness (QED) is 0.685. The van der Waals surface area contributed by atoms with Crippen LogP contribution in [0, 0.1) is 0 Å². The van der Waals surface area contributed by atoms with Gasteiger partial charge in [0, 0.05) is 29.0 Å². The van der Waals surface area contributed by atoms with E-state index in [9.17, 15) is 22.8 Å². The predicted octanol–water partition coefficient (Wildman–Crippen LogP) is 2.19. The Bertz CT molecular complexity index is 1180. The van der Waals surface area contributed by atoms with Gasteiger partial charge in [0.15, 0.2) is 0 Å². The number of hydrogen-bond acceptors (Lipinski definition) is 6. The normalized spacial score (nSPS) is 21.5. The monoisotopic (exact) mass is 445 g/mol. The van der Waals surface area contributed by atoms with E-state index in [1.54, 1.807) is 24.3 Å². The lowest BCUT2D eigenvalue weighted by molar-refractivity contribution is -0.136. The topological polar surface area (TPSA) is 113 Å². The maximum atomic E-state index is 12.9. The number of anilines is 1. The van der Waals surface area contributed by atoms with E-state index in [-0.39, 0.29) is 35.4 Å². The molecule has 3 amide bonds. The van der Waals surface area contributed by atoms with Crippen molar-refractivity contribution in [1.29, 1.82) is 0 Å². The predicted molar refractivity (Wildman–Crippen MR) is 110 cm³/mol. The first-order chi connectivity index (χ1) is 14.3. The molecule has 5 rings (SSSR count). The lowest BCUT2D eigenvalue weighted by atomic mass is 10.0. The van der Waals surface area contributed by atoms with E-state index in [1.165, 1.54) is 16.2 Å². The van der Waals surface area contributed by atoms with Crippen molar-refractivity contribution >= 4 is 44.8 Å². The Labute approximate surface area is 177 Å². The molecule has 8 nitrogen and oxygen atoms in total. The highest BCUT2D eigenvalue weighted by Crippen LogP contribution is 2.44. The summed E-state index contributed by atoms with van der Waals surface area (Å²) >= 11 is 1.27. The Hall–Kier alpha value is -2.72. The summed E-state index contributed by atoms with van der Waals surface area (Å²) in [6.07, 6.45) is 2.61. The fourth-order valence-corrected chi connectivity index (χ4v) is 6.53. The Kier molecular flexibility index (Phi) is 4.44. The molecule has 1 unspecified atom stereocenters. The molecule has 0 spiro atoms. The molecule has 1 saturated carbocycles. The molecule has 10 heteroatoms. The van der Waals surface area contributed by atoms with Crippen molar-refractivity contribution in [1.82, 2.24) is 10.2 Å². The molecule has 3 aliphatic rings. The van der Waals surface area contributed by atoms with E-state index in [1.807, 2.05) is 6.07 Å². The van der Waals surface area contributed by atoms with Crippen molar-refractivity contribution in [3.8, 4) is 0 Å². The Morgan fingerprint density at radius 1 is 1.07 bits per heavy atom. The molecule has 0 radical (unpaired) electrons. The van der Waals surface area contributed by atoms with E-state index >= 15 is 0 Å². The molecule has 2 N–H and O–H groups in total. The minimum atomic E-state index is -3.78. The van der Waals surface area contributed by atoms with Crippen LogP contribution in [0.4, 0.5) is 5.69 Å². The van der Waals surface area contributed by atoms with E-state index in [2.05, 4.69) is 10.0 Å². The third-order valence-corrected chi connectivity index (χ3v) is 8.78. The van der Waals surface area contributed by atoms with Gasteiger partial charge in [0.2, 0.25) is 11.8 Å². The number of fused-ring (bicyclic) bond motifs is 1. The molecule has 2 fully saturated rings. The van der Waals surface area contributed by atoms with Crippen LogP contribution in [0.3, 0.4) is 0 Å². The fraction of sp³-hybridized carbons (Fsp3) is 0.350. The number of carbonyl (C=O) groups is 3. The second-order valence-electron chi connectivity index (χ2n) is 7.77. The van der Waals surface area contributed by atoms with E-state index < -0.39 is 22.0 Å². The molecule has 1 aromatic carbocycles. The minimum Gasteiger partial charge on any atom is -0.322 e. The molecule has 3 heterocycles. The number of imide groups is 1. The molecule has 1 aliphatic carbocycles. The van der Waals surface area contributed by atoms with Crippen LogP contribution in [0.1, 0.15) is 52.4 Å². The van der Waals surface area contributed by atoms with Gasteiger partial charge in [0.1, 0.15) is 10.3 Å². The van der Waals surface area contributed by atoms with Crippen LogP contribution in [0.25, 0.3) is 0 Å². The number of nitrogens with one attached hydrogen (secondary N) is 2. The molecule has 30 heavy (non-hydrogen) atoms. The van der Waals surface area contributed by atoms with Crippen LogP contribution >= 0.6 is 11.3 Å². The van der Waals surface area contributed by atoms with Crippen molar-refractivity contribution < 1.29 is 22.8 Å². The van der Waals surface area contributed by atoms with Crippen LogP contribution in [0.2, 0.25) is 0 Å². The van der Waals surface area contributed by atoms with E-state index in [0.717, 1.165) is 17.7 Å². The number of thiophene rings is 1. The number of piperidine rings is 1. The highest BCUT2D eigenvalue weighted by Gasteiger charge is 2.40. The number of nitrogens with zero attached hydrogens (tertiary/aromatic N) is 1. The zero-order valence-corrected chi connectivity index (χ0v) is 17.5. The Balaban J connectivity index is 1.41. The summed E-state index contributed by atoms with van der Waals surface area (Å²) in [6, 6.07) is 7.59. The number of sulfonamides is 1. The van der Waals surface area contributed by atoms with Gasteiger partial charge in [-0.15, -0.1) is 11.3 Å². The van der Waals surface area contributed by atoms with E-state index in [4.69, 9.17) is 0 Å². The first-order valence-electron chi connectivity index (χ1n) is 9.72. The van der Waals surface area contributed by atoms with Crippen LogP contribution < -0.4 is 10.0 Å². The summed E-state index contributed by atoms with van der Waals surface area (Å²) in [5, 5.41) is 2.26. The van der Waals surface area contributed by atoms with Crippen molar-refractivity contribution in [2.75, 3.05) is 4.72 Å². The van der Waals surface area contributed by atoms with Gasteiger partial charge in [0.25, 0.3) is 15.9 Å². The summed E-state index contributed by atoms with van der Waals surface area (Å²) < 4.78 is 28.7. The van der Waals surface area contributed by atoms with Crippen LogP contribution in [0.15, 0.2) is 34.5 Å². The van der Waals surface area contributed by atoms with Crippen LogP contribution in [-0.2, 0) is 26.2 Å².